The number of anilines is 2. The van der Waals surface area contributed by atoms with Crippen LogP contribution in [0.25, 0.3) is 55.1 Å². The number of carbonyl (C=O) groups is 2. The van der Waals surface area contributed by atoms with Gasteiger partial charge in [-0.3, -0.25) is 9.59 Å². The maximum atomic E-state index is 12.1. The van der Waals surface area contributed by atoms with E-state index < -0.39 is 0 Å². The summed E-state index contributed by atoms with van der Waals surface area (Å²) in [6.07, 6.45) is 11.8. The smallest absolute Gasteiger partial charge is 0.228 e. The molecule has 9 aromatic rings. The molecule has 0 spiro atoms. The lowest BCUT2D eigenvalue weighted by Crippen LogP contribution is -2.13. The largest absolute Gasteiger partial charge is 0.361 e. The first-order valence-electron chi connectivity index (χ1n) is 18.8. The molecule has 6 heterocycles. The lowest BCUT2D eigenvalue weighted by Gasteiger charge is -2.08. The number of rotatable bonds is 8. The molecule has 2 fully saturated rings. The van der Waals surface area contributed by atoms with Gasteiger partial charge in [0.25, 0.3) is 0 Å². The van der Waals surface area contributed by atoms with Crippen molar-refractivity contribution in [1.82, 2.24) is 28.8 Å². The van der Waals surface area contributed by atoms with Gasteiger partial charge in [0.1, 0.15) is 0 Å². The summed E-state index contributed by atoms with van der Waals surface area (Å²) in [5, 5.41) is 17.3. The third-order valence-corrected chi connectivity index (χ3v) is 10.5. The minimum absolute atomic E-state index is 0.0751. The van der Waals surface area contributed by atoms with Gasteiger partial charge in [0.2, 0.25) is 11.8 Å². The quantitative estimate of drug-likeness (QED) is 0.145. The van der Waals surface area contributed by atoms with Crippen molar-refractivity contribution in [3.05, 3.63) is 146 Å². The Kier molecular flexibility index (Phi) is 8.01. The molecule has 2 saturated carbocycles. The lowest BCUT2D eigenvalue weighted by molar-refractivity contribution is -0.118. The number of H-pyrrole nitrogens is 1. The molecule has 55 heavy (non-hydrogen) atoms. The van der Waals surface area contributed by atoms with E-state index in [1.54, 1.807) is 0 Å². The van der Waals surface area contributed by atoms with Gasteiger partial charge >= 0.3 is 0 Å². The van der Waals surface area contributed by atoms with Crippen LogP contribution in [0.15, 0.2) is 140 Å². The van der Waals surface area contributed by atoms with Crippen molar-refractivity contribution >= 4 is 56.3 Å². The molecule has 0 unspecified atom stereocenters. The number of fused-ring (bicyclic) bond motifs is 4. The predicted molar refractivity (Wildman–Crippen MR) is 217 cm³/mol. The fourth-order valence-electron chi connectivity index (χ4n) is 7.30. The summed E-state index contributed by atoms with van der Waals surface area (Å²) in [5.74, 6) is 1.71. The third-order valence-electron chi connectivity index (χ3n) is 10.5. The first-order chi connectivity index (χ1) is 27.0. The third kappa shape index (κ3) is 6.63. The lowest BCUT2D eigenvalue weighted by atomic mass is 10.0. The van der Waals surface area contributed by atoms with Gasteiger partial charge in [0.15, 0.2) is 11.6 Å². The van der Waals surface area contributed by atoms with E-state index in [1.165, 1.54) is 21.9 Å². The van der Waals surface area contributed by atoms with E-state index in [-0.39, 0.29) is 23.7 Å². The average Bonchev–Trinajstić information content (AvgIpc) is 4.07. The van der Waals surface area contributed by atoms with E-state index in [1.807, 2.05) is 58.0 Å². The maximum absolute atomic E-state index is 12.1. The van der Waals surface area contributed by atoms with Crippen LogP contribution in [0, 0.1) is 11.8 Å². The van der Waals surface area contributed by atoms with Gasteiger partial charge < -0.3 is 20.2 Å². The van der Waals surface area contributed by atoms with Crippen LogP contribution in [0.5, 0.6) is 0 Å². The molecule has 3 N–H and O–H groups in total. The molecular formula is C45H38N8O2. The summed E-state index contributed by atoms with van der Waals surface area (Å²) in [6, 6.07) is 39.7. The molecule has 270 valence electrons. The van der Waals surface area contributed by atoms with Crippen LogP contribution in [-0.4, -0.2) is 40.6 Å². The molecule has 2 aliphatic carbocycles. The number of hydrogen-bond acceptors (Lipinski definition) is 4. The van der Waals surface area contributed by atoms with Gasteiger partial charge in [0.05, 0.1) is 11.0 Å². The number of carbonyl (C=O) groups excluding carboxylic acids is 2. The molecule has 0 bridgehead atoms. The van der Waals surface area contributed by atoms with Crippen LogP contribution >= 0.6 is 0 Å². The van der Waals surface area contributed by atoms with Crippen molar-refractivity contribution in [3.63, 3.8) is 0 Å². The second kappa shape index (κ2) is 13.5. The highest BCUT2D eigenvalue weighted by molar-refractivity contribution is 5.96. The van der Waals surface area contributed by atoms with Gasteiger partial charge in [-0.05, 0) is 96.3 Å². The molecule has 11 rings (SSSR count). The summed E-state index contributed by atoms with van der Waals surface area (Å²) in [6.45, 7) is 0.853. The highest BCUT2D eigenvalue weighted by Gasteiger charge is 2.31. The van der Waals surface area contributed by atoms with E-state index in [0.29, 0.717) is 11.6 Å². The summed E-state index contributed by atoms with van der Waals surface area (Å²) in [7, 11) is 0. The van der Waals surface area contributed by atoms with Crippen molar-refractivity contribution in [2.75, 3.05) is 10.6 Å². The Hall–Kier alpha value is -6.94. The van der Waals surface area contributed by atoms with Crippen LogP contribution in [0.4, 0.5) is 11.6 Å². The Morgan fingerprint density at radius 2 is 1.20 bits per heavy atom. The van der Waals surface area contributed by atoms with Crippen molar-refractivity contribution in [2.45, 2.75) is 32.2 Å². The fraction of sp³-hybridized carbons (Fsp3) is 0.156. The van der Waals surface area contributed by atoms with Crippen LogP contribution in [0.2, 0.25) is 0 Å². The van der Waals surface area contributed by atoms with Gasteiger partial charge in [-0.2, -0.15) is 10.2 Å². The van der Waals surface area contributed by atoms with Crippen LogP contribution in [0.1, 0.15) is 31.2 Å². The summed E-state index contributed by atoms with van der Waals surface area (Å²) in [5.41, 5.74) is 10.0. The number of aromatic nitrogens is 6. The monoisotopic (exact) mass is 722 g/mol. The minimum atomic E-state index is 0.0751. The Morgan fingerprint density at radius 3 is 1.82 bits per heavy atom. The fourth-order valence-corrected chi connectivity index (χ4v) is 7.30. The van der Waals surface area contributed by atoms with Crippen molar-refractivity contribution < 1.29 is 9.59 Å². The topological polar surface area (TPSA) is 114 Å². The molecule has 0 aliphatic heterocycles. The van der Waals surface area contributed by atoms with E-state index in [9.17, 15) is 9.59 Å². The standard InChI is InChI=1S/C26H22N4O.C19H16N4O/c31-26(19-8-9-19)27-25-16-24-22(7-4-13-30(24)28-25)20-10-11-23-21(15-20)12-14-29(23)17-18-5-2-1-3-6-18;24-19(12-3-4-12)21-18-11-17-15(2-1-9-23(17)22-18)13-5-6-16-14(10-13)7-8-20-16/h1-7,10-16,19H,8-9,17H2,(H,27,28,31);1-2,5-12,20H,3-4H2,(H,21,22,24). The van der Waals surface area contributed by atoms with Gasteiger partial charge in [-0.25, -0.2) is 9.03 Å². The predicted octanol–water partition coefficient (Wildman–Crippen LogP) is 9.18. The zero-order valence-corrected chi connectivity index (χ0v) is 30.0. The van der Waals surface area contributed by atoms with Gasteiger partial charge in [-0.1, -0.05) is 54.6 Å². The van der Waals surface area contributed by atoms with Gasteiger partial charge in [0, 0.05) is 82.8 Å². The zero-order chi connectivity index (χ0) is 36.9. The first-order valence-corrected chi connectivity index (χ1v) is 18.8. The summed E-state index contributed by atoms with van der Waals surface area (Å²) < 4.78 is 5.93. The first kappa shape index (κ1) is 32.7. The molecule has 3 aromatic carbocycles. The molecule has 10 nitrogen and oxygen atoms in total. The molecule has 6 aromatic heterocycles. The Labute approximate surface area is 316 Å². The maximum Gasteiger partial charge on any atom is 0.228 e. The van der Waals surface area contributed by atoms with E-state index in [4.69, 9.17) is 0 Å². The molecule has 0 saturated heterocycles. The number of aromatic amines is 1. The number of nitrogens with one attached hydrogen (secondary N) is 3. The van der Waals surface area contributed by atoms with Crippen molar-refractivity contribution in [1.29, 1.82) is 0 Å². The Morgan fingerprint density at radius 1 is 0.600 bits per heavy atom. The normalized spacial score (nSPS) is 14.0. The van der Waals surface area contributed by atoms with Crippen molar-refractivity contribution in [3.8, 4) is 22.3 Å². The second-order valence-corrected chi connectivity index (χ2v) is 14.6. The number of pyridine rings is 2. The molecule has 0 atom stereocenters. The minimum Gasteiger partial charge on any atom is -0.361 e. The van der Waals surface area contributed by atoms with E-state index >= 15 is 0 Å². The molecular weight excluding hydrogens is 685 g/mol. The summed E-state index contributed by atoms with van der Waals surface area (Å²) >= 11 is 0. The Balaban J connectivity index is 0.000000140. The molecule has 10 heteroatoms. The molecule has 2 aliphatic rings. The van der Waals surface area contributed by atoms with Crippen LogP contribution in [0.3, 0.4) is 0 Å². The molecule has 2 amide bonds. The van der Waals surface area contributed by atoms with Gasteiger partial charge in [-0.15, -0.1) is 0 Å². The second-order valence-electron chi connectivity index (χ2n) is 14.6. The molecule has 0 radical (unpaired) electrons. The number of nitrogens with zero attached hydrogens (tertiary/aromatic N) is 5. The Bertz CT molecular complexity index is 2870. The number of benzene rings is 3. The zero-order valence-electron chi connectivity index (χ0n) is 30.0. The van der Waals surface area contributed by atoms with E-state index in [2.05, 4.69) is 122 Å². The van der Waals surface area contributed by atoms with Crippen molar-refractivity contribution in [2.24, 2.45) is 11.8 Å². The SMILES string of the molecule is O=C(Nc1cc2c(-c3ccc4[nH]ccc4c3)cccn2n1)C1CC1.O=C(Nc1cc2c(-c3ccc4c(ccn4Cc4ccccc4)c3)cccn2n1)C1CC1. The number of hydrogen-bond donors (Lipinski definition) is 3. The average molecular weight is 723 g/mol. The van der Waals surface area contributed by atoms with Crippen LogP contribution < -0.4 is 10.6 Å². The summed E-state index contributed by atoms with van der Waals surface area (Å²) in [4.78, 5) is 27.3. The van der Waals surface area contributed by atoms with E-state index in [0.717, 1.165) is 71.0 Å². The number of amides is 2. The highest BCUT2D eigenvalue weighted by Crippen LogP contribution is 2.34. The highest BCUT2D eigenvalue weighted by atomic mass is 16.2. The van der Waals surface area contributed by atoms with Crippen LogP contribution in [-0.2, 0) is 16.1 Å².